The number of anilines is 3. The van der Waals surface area contributed by atoms with Gasteiger partial charge in [0.05, 0.1) is 0 Å². The van der Waals surface area contributed by atoms with Gasteiger partial charge in [-0.05, 0) is 282 Å². The summed E-state index contributed by atoms with van der Waals surface area (Å²) in [6.07, 6.45) is 14.7. The van der Waals surface area contributed by atoms with Gasteiger partial charge < -0.3 is 4.90 Å². The minimum Gasteiger partial charge on any atom is -0.310 e. The predicted octanol–water partition coefficient (Wildman–Crippen LogP) is 34.0. The highest BCUT2D eigenvalue weighted by atomic mass is 79.9. The van der Waals surface area contributed by atoms with Crippen LogP contribution in [0.25, 0.3) is 66.8 Å². The van der Waals surface area contributed by atoms with E-state index in [4.69, 9.17) is 0 Å². The summed E-state index contributed by atoms with van der Waals surface area (Å²) in [5.41, 5.74) is 39.6. The van der Waals surface area contributed by atoms with E-state index in [9.17, 15) is 0 Å². The minimum absolute atomic E-state index is 0.000781. The zero-order valence-corrected chi connectivity index (χ0v) is 76.6. The highest BCUT2D eigenvalue weighted by Gasteiger charge is 2.38. The summed E-state index contributed by atoms with van der Waals surface area (Å²) in [5, 5.41) is 0. The fourth-order valence-corrected chi connectivity index (χ4v) is 18.9. The van der Waals surface area contributed by atoms with E-state index in [1.54, 1.807) is 5.56 Å². The van der Waals surface area contributed by atoms with E-state index in [2.05, 4.69) is 428 Å². The van der Waals surface area contributed by atoms with Crippen molar-refractivity contribution in [3.63, 3.8) is 0 Å². The van der Waals surface area contributed by atoms with Crippen LogP contribution in [0.1, 0.15) is 306 Å². The first kappa shape index (κ1) is 84.4. The molecule has 0 aromatic heterocycles. The smallest absolute Gasteiger partial charge is 0.0465 e. The molecule has 4 aliphatic rings. The third-order valence-electron chi connectivity index (χ3n) is 26.4. The number of benzene rings is 12. The van der Waals surface area contributed by atoms with Crippen LogP contribution in [-0.4, -0.2) is 0 Å². The van der Waals surface area contributed by atoms with Crippen LogP contribution in [0.5, 0.6) is 0 Å². The van der Waals surface area contributed by atoms with E-state index in [-0.39, 0.29) is 43.3 Å². The molecule has 0 saturated heterocycles. The van der Waals surface area contributed by atoms with E-state index in [1.807, 2.05) is 0 Å². The van der Waals surface area contributed by atoms with Gasteiger partial charge in [0.1, 0.15) is 0 Å². The highest BCUT2D eigenvalue weighted by Crippen LogP contribution is 2.53. The largest absolute Gasteiger partial charge is 0.310 e. The Bertz CT molecular complexity index is 5460. The van der Waals surface area contributed by atoms with Crippen molar-refractivity contribution in [2.24, 2.45) is 0 Å². The van der Waals surface area contributed by atoms with Gasteiger partial charge in [0, 0.05) is 32.4 Å². The van der Waals surface area contributed by atoms with Crippen molar-refractivity contribution in [2.45, 2.75) is 278 Å². The number of rotatable bonds is 11. The summed E-state index contributed by atoms with van der Waals surface area (Å²) >= 11 is 3.57. The lowest BCUT2D eigenvalue weighted by Gasteiger charge is -2.29. The normalized spacial score (nSPS) is 15.4. The zero-order chi connectivity index (χ0) is 83.5. The number of hydrogen-bond donors (Lipinski definition) is 0. The maximum absolute atomic E-state index is 3.57. The second-order valence-electron chi connectivity index (χ2n) is 42.2. The molecule has 4 aliphatic carbocycles. The van der Waals surface area contributed by atoms with Crippen LogP contribution in [0.3, 0.4) is 0 Å². The average molecular weight is 1610 g/mol. The molecule has 0 unspecified atom stereocenters. The zero-order valence-electron chi connectivity index (χ0n) is 75.0. The van der Waals surface area contributed by atoms with Gasteiger partial charge in [-0.3, -0.25) is 0 Å². The molecule has 0 radical (unpaired) electrons. The van der Waals surface area contributed by atoms with Gasteiger partial charge in [0.25, 0.3) is 0 Å². The molecular weight excluding hydrogens is 1480 g/mol. The molecule has 0 heterocycles. The Balaban J connectivity index is 0.000000160. The standard InChI is InChI=1S/C57H65N.C30H37Br.C28H30/c1-54(2,3)44-32-41(31-42(33-44)43-34-45(55(4,5)6)36-46(35-43)56(7,8)9)40-23-27-48(28-24-40)58(47-25-21-39(22-26-47)38-17-13-12-14-18-38)49-29-30-51-50-19-15-16-20-52(50)57(10,11)53(51)37-49;1-28(2,3)24-15-21(20-10-12-27(31)13-11-20)14-22(16-24)23-17-25(29(4,5)6)19-26(18-23)30(7,8)9;1-28(2)26-11-7-6-10-24(26)25-17-14-21(19-27(25)28)18-20-12-15-23(16-13-20)22-8-4-3-5-9-22/h15-16,19-38H,12-14,17-18H2,1-11H3;10-19H,1-9H3;6-7,10-17,19,22H,3-5,8-9,18H2,1-2H3. The Morgan fingerprint density at radius 1 is 0.265 bits per heavy atom. The topological polar surface area (TPSA) is 3.24 Å². The molecule has 0 atom stereocenters. The van der Waals surface area contributed by atoms with Crippen molar-refractivity contribution >= 4 is 33.0 Å². The van der Waals surface area contributed by atoms with Crippen LogP contribution in [0, 0.1) is 0 Å². The molecule has 16 rings (SSSR count). The molecule has 0 spiro atoms. The summed E-state index contributed by atoms with van der Waals surface area (Å²) in [6.45, 7) is 51.1. The first-order valence-electron chi connectivity index (χ1n) is 44.1. The molecule has 0 bridgehead atoms. The summed E-state index contributed by atoms with van der Waals surface area (Å²) in [4.78, 5) is 2.47. The summed E-state index contributed by atoms with van der Waals surface area (Å²) in [5.74, 6) is 1.47. The molecule has 12 aromatic carbocycles. The van der Waals surface area contributed by atoms with E-state index >= 15 is 0 Å². The maximum atomic E-state index is 3.57. The third-order valence-corrected chi connectivity index (χ3v) is 26.9. The van der Waals surface area contributed by atoms with Crippen molar-refractivity contribution in [3.05, 3.63) is 337 Å². The second-order valence-corrected chi connectivity index (χ2v) is 43.1. The molecule has 604 valence electrons. The van der Waals surface area contributed by atoms with Gasteiger partial charge in [0.2, 0.25) is 0 Å². The molecule has 0 N–H and O–H groups in total. The van der Waals surface area contributed by atoms with Gasteiger partial charge in [-0.2, -0.15) is 0 Å². The second kappa shape index (κ2) is 32.9. The lowest BCUT2D eigenvalue weighted by atomic mass is 9.78. The van der Waals surface area contributed by atoms with Crippen molar-refractivity contribution in [2.75, 3.05) is 4.90 Å². The molecule has 2 heteroatoms. The van der Waals surface area contributed by atoms with Crippen LogP contribution in [0.15, 0.2) is 259 Å². The Morgan fingerprint density at radius 2 is 0.556 bits per heavy atom. The SMILES string of the molecule is CC(C)(C)c1cc(-c2ccc(Br)cc2)cc(-c2cc(C(C)(C)C)cc(C(C)(C)C)c2)c1.CC(C)(C)c1cc(-c2ccc(N(c3ccc(C4CCCCC4)cc3)c3ccc4c(c3)C(C)(C)c3ccccc3-4)cc2)cc(-c2cc(C(C)(C)C)cc(C(C)(C)C)c2)c1.CC1(C)c2ccccc2-c2ccc(Cc3ccc(C4CCCCC4)cc3)cc21. The Kier molecular flexibility index (Phi) is 23.7. The minimum atomic E-state index is -0.0713. The van der Waals surface area contributed by atoms with E-state index in [1.165, 1.54) is 220 Å². The van der Waals surface area contributed by atoms with Crippen LogP contribution in [0.2, 0.25) is 0 Å². The van der Waals surface area contributed by atoms with E-state index in [0.29, 0.717) is 5.92 Å². The van der Waals surface area contributed by atoms with E-state index < -0.39 is 0 Å². The molecule has 2 fully saturated rings. The first-order valence-corrected chi connectivity index (χ1v) is 44.9. The van der Waals surface area contributed by atoms with Gasteiger partial charge in [-0.15, -0.1) is 0 Å². The van der Waals surface area contributed by atoms with E-state index in [0.717, 1.165) is 16.8 Å². The quantitative estimate of drug-likeness (QED) is 0.125. The van der Waals surface area contributed by atoms with Crippen molar-refractivity contribution < 1.29 is 0 Å². The van der Waals surface area contributed by atoms with Crippen LogP contribution in [0.4, 0.5) is 17.1 Å². The lowest BCUT2D eigenvalue weighted by Crippen LogP contribution is -2.16. The fourth-order valence-electron chi connectivity index (χ4n) is 18.6. The van der Waals surface area contributed by atoms with Gasteiger partial charge in [0.15, 0.2) is 0 Å². The van der Waals surface area contributed by atoms with Gasteiger partial charge in [-0.1, -0.05) is 401 Å². The summed E-state index contributed by atoms with van der Waals surface area (Å²) in [7, 11) is 0. The number of halogens is 1. The number of hydrogen-bond acceptors (Lipinski definition) is 1. The average Bonchev–Trinajstić information content (AvgIpc) is 1.58. The first-order chi connectivity index (χ1) is 55.1. The molecule has 0 aliphatic heterocycles. The maximum Gasteiger partial charge on any atom is 0.0465 e. The molecule has 1 nitrogen and oxygen atoms in total. The summed E-state index contributed by atoms with van der Waals surface area (Å²) < 4.78 is 1.11. The molecule has 117 heavy (non-hydrogen) atoms. The fraction of sp³-hybridized carbons (Fsp3) is 0.374. The monoisotopic (exact) mass is 1610 g/mol. The van der Waals surface area contributed by atoms with Gasteiger partial charge >= 0.3 is 0 Å². The van der Waals surface area contributed by atoms with Gasteiger partial charge in [-0.25, -0.2) is 0 Å². The predicted molar refractivity (Wildman–Crippen MR) is 512 cm³/mol. The third kappa shape index (κ3) is 18.7. The van der Waals surface area contributed by atoms with Crippen molar-refractivity contribution in [1.29, 1.82) is 0 Å². The molecular formula is C115H132BrN. The molecule has 12 aromatic rings. The Labute approximate surface area is 714 Å². The Hall–Kier alpha value is -9.08. The van der Waals surface area contributed by atoms with Crippen LogP contribution < -0.4 is 4.90 Å². The number of nitrogens with zero attached hydrogens (tertiary/aromatic N) is 1. The van der Waals surface area contributed by atoms with Crippen LogP contribution >= 0.6 is 15.9 Å². The lowest BCUT2D eigenvalue weighted by molar-refractivity contribution is 0.443. The van der Waals surface area contributed by atoms with Crippen molar-refractivity contribution in [3.8, 4) is 66.8 Å². The molecule has 2 saturated carbocycles. The van der Waals surface area contributed by atoms with Crippen LogP contribution in [-0.2, 0) is 49.7 Å². The summed E-state index contributed by atoms with van der Waals surface area (Å²) in [6, 6.07) is 97.9. The Morgan fingerprint density at radius 3 is 0.940 bits per heavy atom. The number of fused-ring (bicyclic) bond motifs is 6. The highest BCUT2D eigenvalue weighted by molar-refractivity contribution is 9.10. The molecule has 0 amide bonds. The van der Waals surface area contributed by atoms with Crippen molar-refractivity contribution in [1.82, 2.24) is 0 Å².